The first-order valence-electron chi connectivity index (χ1n) is 10.1. The van der Waals surface area contributed by atoms with Crippen molar-refractivity contribution in [3.63, 3.8) is 0 Å². The van der Waals surface area contributed by atoms with Gasteiger partial charge in [-0.3, -0.25) is 9.36 Å². The van der Waals surface area contributed by atoms with Crippen LogP contribution in [0.5, 0.6) is 17.2 Å². The third kappa shape index (κ3) is 4.91. The summed E-state index contributed by atoms with van der Waals surface area (Å²) in [5, 5.41) is 10.1. The van der Waals surface area contributed by atoms with Gasteiger partial charge >= 0.3 is 0 Å². The first kappa shape index (κ1) is 21.8. The fourth-order valence-corrected chi connectivity index (χ4v) is 3.66. The van der Waals surface area contributed by atoms with E-state index < -0.39 is 24.4 Å². The molecule has 3 aromatic rings. The Bertz CT molecular complexity index is 1140. The lowest BCUT2D eigenvalue weighted by Crippen LogP contribution is -2.55. The number of pyridine rings is 1. The Kier molecular flexibility index (Phi) is 5.88. The van der Waals surface area contributed by atoms with Crippen molar-refractivity contribution in [2.75, 3.05) is 13.7 Å². The number of methoxy groups -OCH3 is 1. The van der Waals surface area contributed by atoms with Crippen LogP contribution in [-0.4, -0.2) is 34.9 Å². The Balaban J connectivity index is 1.45. The first-order chi connectivity index (χ1) is 15.3. The molecule has 0 atom stereocenters. The highest BCUT2D eigenvalue weighted by atomic mass is 19.3. The number of rotatable bonds is 8. The molecule has 1 heterocycles. The van der Waals surface area contributed by atoms with Gasteiger partial charge in [-0.2, -0.15) is 0 Å². The maximum Gasteiger partial charge on any atom is 0.258 e. The van der Waals surface area contributed by atoms with Crippen molar-refractivity contribution in [3.8, 4) is 22.9 Å². The molecule has 4 rings (SSSR count). The van der Waals surface area contributed by atoms with Crippen molar-refractivity contribution in [1.29, 1.82) is 0 Å². The highest BCUT2D eigenvalue weighted by Gasteiger charge is 2.56. The number of halogens is 2. The van der Waals surface area contributed by atoms with E-state index in [1.54, 1.807) is 30.5 Å². The van der Waals surface area contributed by atoms with E-state index in [0.717, 1.165) is 5.56 Å². The summed E-state index contributed by atoms with van der Waals surface area (Å²) in [5.74, 6) is -1.80. The van der Waals surface area contributed by atoms with Crippen LogP contribution in [0.25, 0.3) is 5.69 Å². The molecular weight excluding hydrogens is 420 g/mol. The quantitative estimate of drug-likeness (QED) is 0.571. The largest absolute Gasteiger partial charge is 0.493 e. The van der Waals surface area contributed by atoms with Crippen LogP contribution in [-0.2, 0) is 6.61 Å². The van der Waals surface area contributed by atoms with Gasteiger partial charge in [0.15, 0.2) is 11.5 Å². The Morgan fingerprint density at radius 3 is 2.41 bits per heavy atom. The average Bonchev–Trinajstić information content (AvgIpc) is 2.75. The number of hydrogen-bond donors (Lipinski definition) is 1. The highest BCUT2D eigenvalue weighted by molar-refractivity contribution is 5.49. The van der Waals surface area contributed by atoms with Gasteiger partial charge in [-0.15, -0.1) is 0 Å². The van der Waals surface area contributed by atoms with Crippen molar-refractivity contribution in [2.45, 2.75) is 31.0 Å². The zero-order chi connectivity index (χ0) is 22.8. The molecule has 0 spiro atoms. The summed E-state index contributed by atoms with van der Waals surface area (Å²) in [6, 6.07) is 17.5. The van der Waals surface area contributed by atoms with E-state index in [2.05, 4.69) is 0 Å². The molecule has 0 amide bonds. The van der Waals surface area contributed by atoms with Gasteiger partial charge in [0.25, 0.3) is 11.5 Å². The maximum absolute atomic E-state index is 13.1. The van der Waals surface area contributed by atoms with Crippen molar-refractivity contribution in [3.05, 3.63) is 82.8 Å². The predicted molar refractivity (Wildman–Crippen MR) is 114 cm³/mol. The molecule has 1 aliphatic rings. The Hall–Kier alpha value is -3.39. The van der Waals surface area contributed by atoms with Crippen LogP contribution < -0.4 is 19.8 Å². The van der Waals surface area contributed by atoms with E-state index in [1.165, 1.54) is 17.7 Å². The predicted octanol–water partition coefficient (Wildman–Crippen LogP) is 3.96. The Morgan fingerprint density at radius 2 is 1.75 bits per heavy atom. The number of nitrogens with zero attached hydrogens (tertiary/aromatic N) is 1. The summed E-state index contributed by atoms with van der Waals surface area (Å²) < 4.78 is 44.1. The lowest BCUT2D eigenvalue weighted by Gasteiger charge is -2.42. The smallest absolute Gasteiger partial charge is 0.258 e. The van der Waals surface area contributed by atoms with E-state index in [4.69, 9.17) is 14.2 Å². The van der Waals surface area contributed by atoms with Gasteiger partial charge in [0, 0.05) is 31.2 Å². The van der Waals surface area contributed by atoms with Crippen LogP contribution in [0.15, 0.2) is 71.7 Å². The molecular formula is C24H23F2NO5. The van der Waals surface area contributed by atoms with E-state index >= 15 is 0 Å². The Morgan fingerprint density at radius 1 is 1.00 bits per heavy atom. The minimum absolute atomic E-state index is 0.272. The molecule has 168 valence electrons. The fraction of sp³-hybridized carbons (Fsp3) is 0.292. The van der Waals surface area contributed by atoms with Crippen molar-refractivity contribution in [1.82, 2.24) is 4.57 Å². The third-order valence-electron chi connectivity index (χ3n) is 5.24. The number of ether oxygens (including phenoxy) is 3. The lowest BCUT2D eigenvalue weighted by atomic mass is 9.77. The minimum atomic E-state index is -2.86. The molecule has 0 bridgehead atoms. The number of hydrogen-bond acceptors (Lipinski definition) is 5. The lowest BCUT2D eigenvalue weighted by molar-refractivity contribution is -0.215. The molecule has 8 heteroatoms. The Labute approximate surface area is 183 Å². The number of aliphatic hydroxyl groups is 1. The molecule has 0 unspecified atom stereocenters. The maximum atomic E-state index is 13.1. The van der Waals surface area contributed by atoms with Gasteiger partial charge in [0.1, 0.15) is 24.6 Å². The molecule has 1 fully saturated rings. The van der Waals surface area contributed by atoms with Crippen LogP contribution >= 0.6 is 0 Å². The van der Waals surface area contributed by atoms with Crippen molar-refractivity contribution < 1.29 is 28.1 Å². The summed E-state index contributed by atoms with van der Waals surface area (Å²) in [6.45, 7) is 0.0775. The summed E-state index contributed by atoms with van der Waals surface area (Å²) in [6.07, 6.45) is 0.333. The van der Waals surface area contributed by atoms with Gasteiger partial charge in [0.05, 0.1) is 12.8 Å². The van der Waals surface area contributed by atoms with Crippen molar-refractivity contribution in [2.24, 2.45) is 0 Å². The van der Waals surface area contributed by atoms with Gasteiger partial charge in [-0.05, 0) is 23.8 Å². The molecule has 1 aliphatic carbocycles. The van der Waals surface area contributed by atoms with E-state index in [9.17, 15) is 18.7 Å². The van der Waals surface area contributed by atoms with Gasteiger partial charge in [-0.1, -0.05) is 30.3 Å². The van der Waals surface area contributed by atoms with Crippen LogP contribution in [0.4, 0.5) is 8.78 Å². The molecule has 1 N–H and O–H groups in total. The monoisotopic (exact) mass is 443 g/mol. The zero-order valence-corrected chi connectivity index (χ0v) is 17.5. The standard InChI is InChI=1S/C24H23F2NO5/c1-30-21-11-18(7-8-20(21)32-16-23(29)14-24(25,26)15-23)27-10-9-19(12-22(27)28)31-13-17-5-3-2-4-6-17/h2-12,29H,13-16H2,1H3. The highest BCUT2D eigenvalue weighted by Crippen LogP contribution is 2.46. The van der Waals surface area contributed by atoms with E-state index in [1.807, 2.05) is 30.3 Å². The first-order valence-corrected chi connectivity index (χ1v) is 10.1. The molecule has 0 saturated heterocycles. The van der Waals surface area contributed by atoms with E-state index in [-0.39, 0.29) is 17.9 Å². The minimum Gasteiger partial charge on any atom is -0.493 e. The van der Waals surface area contributed by atoms with Gasteiger partial charge < -0.3 is 19.3 Å². The second-order valence-electron chi connectivity index (χ2n) is 7.90. The number of alkyl halides is 2. The third-order valence-corrected chi connectivity index (χ3v) is 5.24. The molecule has 1 saturated carbocycles. The topological polar surface area (TPSA) is 69.9 Å². The van der Waals surface area contributed by atoms with Gasteiger partial charge in [0.2, 0.25) is 0 Å². The van der Waals surface area contributed by atoms with Crippen LogP contribution in [0, 0.1) is 0 Å². The molecule has 0 aliphatic heterocycles. The summed E-state index contributed by atoms with van der Waals surface area (Å²) >= 11 is 0. The van der Waals surface area contributed by atoms with Crippen LogP contribution in [0.2, 0.25) is 0 Å². The average molecular weight is 443 g/mol. The fourth-order valence-electron chi connectivity index (χ4n) is 3.66. The van der Waals surface area contributed by atoms with E-state index in [0.29, 0.717) is 23.8 Å². The zero-order valence-electron chi connectivity index (χ0n) is 17.5. The SMILES string of the molecule is COc1cc(-n2ccc(OCc3ccccc3)cc2=O)ccc1OCC1(O)CC(F)(F)C1. The molecule has 0 radical (unpaired) electrons. The molecule has 6 nitrogen and oxygen atoms in total. The summed E-state index contributed by atoms with van der Waals surface area (Å²) in [7, 11) is 1.43. The van der Waals surface area contributed by atoms with Gasteiger partial charge in [-0.25, -0.2) is 8.78 Å². The number of benzene rings is 2. The second-order valence-corrected chi connectivity index (χ2v) is 7.90. The summed E-state index contributed by atoms with van der Waals surface area (Å²) in [4.78, 5) is 12.6. The van der Waals surface area contributed by atoms with Crippen LogP contribution in [0.3, 0.4) is 0 Å². The van der Waals surface area contributed by atoms with Crippen LogP contribution in [0.1, 0.15) is 18.4 Å². The number of aromatic nitrogens is 1. The molecule has 32 heavy (non-hydrogen) atoms. The molecule has 1 aromatic heterocycles. The summed E-state index contributed by atoms with van der Waals surface area (Å²) in [5.41, 5.74) is -0.327. The second kappa shape index (κ2) is 8.63. The normalized spacial score (nSPS) is 16.1. The molecule has 2 aromatic carbocycles. The van der Waals surface area contributed by atoms with Crippen molar-refractivity contribution >= 4 is 0 Å².